The Bertz CT molecular complexity index is 686. The summed E-state index contributed by atoms with van der Waals surface area (Å²) in [5.41, 5.74) is 1.08. The standard InChI is InChI=1S/C19H20FNO3/c20-15-8-6-13(7-9-15)17(22)12-21(16-10-11-16)19(24)18(23)14-4-2-1-3-5-14/h1-9,16-18,22-23H,10-12H2/t17-,18+/m1/s1. The number of amides is 1. The second kappa shape index (κ2) is 7.11. The van der Waals surface area contributed by atoms with Crippen LogP contribution in [0.3, 0.4) is 0 Å². The van der Waals surface area contributed by atoms with E-state index in [2.05, 4.69) is 0 Å². The molecular formula is C19H20FNO3. The van der Waals surface area contributed by atoms with Crippen molar-refractivity contribution in [3.63, 3.8) is 0 Å². The number of aliphatic hydroxyl groups excluding tert-OH is 2. The van der Waals surface area contributed by atoms with E-state index in [1.165, 1.54) is 29.2 Å². The molecule has 0 unspecified atom stereocenters. The highest BCUT2D eigenvalue weighted by atomic mass is 19.1. The van der Waals surface area contributed by atoms with E-state index in [9.17, 15) is 19.4 Å². The van der Waals surface area contributed by atoms with Crippen LogP contribution in [0, 0.1) is 5.82 Å². The smallest absolute Gasteiger partial charge is 0.256 e. The molecule has 0 spiro atoms. The molecule has 24 heavy (non-hydrogen) atoms. The number of halogens is 1. The van der Waals surface area contributed by atoms with E-state index in [0.717, 1.165) is 12.8 Å². The summed E-state index contributed by atoms with van der Waals surface area (Å²) < 4.78 is 13.0. The highest BCUT2D eigenvalue weighted by Gasteiger charge is 2.36. The van der Waals surface area contributed by atoms with E-state index in [1.54, 1.807) is 24.3 Å². The predicted octanol–water partition coefficient (Wildman–Crippen LogP) is 2.58. The third-order valence-corrected chi connectivity index (χ3v) is 4.24. The molecule has 1 amide bonds. The maximum absolute atomic E-state index is 13.0. The molecule has 0 bridgehead atoms. The van der Waals surface area contributed by atoms with Crippen LogP contribution in [0.15, 0.2) is 54.6 Å². The molecule has 0 aliphatic heterocycles. The summed E-state index contributed by atoms with van der Waals surface area (Å²) in [5.74, 6) is -0.787. The summed E-state index contributed by atoms with van der Waals surface area (Å²) in [6.07, 6.45) is -0.433. The zero-order valence-corrected chi connectivity index (χ0v) is 13.2. The van der Waals surface area contributed by atoms with Gasteiger partial charge in [-0.15, -0.1) is 0 Å². The van der Waals surface area contributed by atoms with Gasteiger partial charge in [0.2, 0.25) is 0 Å². The molecule has 1 fully saturated rings. The molecule has 0 saturated heterocycles. The van der Waals surface area contributed by atoms with Gasteiger partial charge in [0.25, 0.3) is 5.91 Å². The zero-order chi connectivity index (χ0) is 17.1. The van der Waals surface area contributed by atoms with Gasteiger partial charge in [-0.05, 0) is 36.1 Å². The lowest BCUT2D eigenvalue weighted by Crippen LogP contribution is -2.39. The first kappa shape index (κ1) is 16.6. The van der Waals surface area contributed by atoms with Gasteiger partial charge in [-0.1, -0.05) is 42.5 Å². The molecule has 1 aliphatic carbocycles. The van der Waals surface area contributed by atoms with E-state index >= 15 is 0 Å². The number of carbonyl (C=O) groups is 1. The number of carbonyl (C=O) groups excluding carboxylic acids is 1. The molecule has 0 aromatic heterocycles. The Labute approximate surface area is 140 Å². The summed E-state index contributed by atoms with van der Waals surface area (Å²) in [7, 11) is 0. The molecule has 0 heterocycles. The number of hydrogen-bond acceptors (Lipinski definition) is 3. The average Bonchev–Trinajstić information content (AvgIpc) is 3.44. The van der Waals surface area contributed by atoms with Crippen LogP contribution in [0.5, 0.6) is 0 Å². The van der Waals surface area contributed by atoms with E-state index in [0.29, 0.717) is 11.1 Å². The van der Waals surface area contributed by atoms with Gasteiger partial charge in [-0.2, -0.15) is 0 Å². The van der Waals surface area contributed by atoms with Crippen LogP contribution in [-0.4, -0.2) is 33.6 Å². The van der Waals surface area contributed by atoms with Gasteiger partial charge in [-0.3, -0.25) is 4.79 Å². The Morgan fingerprint density at radius 3 is 2.25 bits per heavy atom. The molecule has 5 heteroatoms. The minimum Gasteiger partial charge on any atom is -0.387 e. The third kappa shape index (κ3) is 3.80. The van der Waals surface area contributed by atoms with Crippen molar-refractivity contribution in [1.29, 1.82) is 0 Å². The maximum atomic E-state index is 13.0. The molecule has 2 aromatic carbocycles. The summed E-state index contributed by atoms with van der Waals surface area (Å²) in [4.78, 5) is 14.2. The third-order valence-electron chi connectivity index (χ3n) is 4.24. The summed E-state index contributed by atoms with van der Waals surface area (Å²) in [6.45, 7) is 0.0824. The normalized spacial score (nSPS) is 16.5. The second-order valence-corrected chi connectivity index (χ2v) is 6.10. The lowest BCUT2D eigenvalue weighted by atomic mass is 10.1. The molecule has 126 valence electrons. The Morgan fingerprint density at radius 2 is 1.67 bits per heavy atom. The fraction of sp³-hybridized carbons (Fsp3) is 0.316. The van der Waals surface area contributed by atoms with Gasteiger partial charge in [0.05, 0.1) is 12.6 Å². The second-order valence-electron chi connectivity index (χ2n) is 6.10. The zero-order valence-electron chi connectivity index (χ0n) is 13.2. The van der Waals surface area contributed by atoms with Crippen LogP contribution in [0.4, 0.5) is 4.39 Å². The topological polar surface area (TPSA) is 60.8 Å². The number of nitrogens with zero attached hydrogens (tertiary/aromatic N) is 1. The van der Waals surface area contributed by atoms with Crippen LogP contribution in [0.2, 0.25) is 0 Å². The van der Waals surface area contributed by atoms with Crippen LogP contribution >= 0.6 is 0 Å². The largest absolute Gasteiger partial charge is 0.387 e. The number of aliphatic hydroxyl groups is 2. The minimum atomic E-state index is -1.24. The Balaban J connectivity index is 1.72. The van der Waals surface area contributed by atoms with E-state index < -0.39 is 18.1 Å². The van der Waals surface area contributed by atoms with E-state index in [1.807, 2.05) is 6.07 Å². The van der Waals surface area contributed by atoms with Gasteiger partial charge in [0.15, 0.2) is 6.10 Å². The molecule has 2 N–H and O–H groups in total. The van der Waals surface area contributed by atoms with Gasteiger partial charge >= 0.3 is 0 Å². The van der Waals surface area contributed by atoms with Gasteiger partial charge in [-0.25, -0.2) is 4.39 Å². The van der Waals surface area contributed by atoms with Crippen molar-refractivity contribution in [1.82, 2.24) is 4.90 Å². The molecule has 4 nitrogen and oxygen atoms in total. The first-order valence-corrected chi connectivity index (χ1v) is 8.03. The molecule has 0 radical (unpaired) electrons. The Kier molecular flexibility index (Phi) is 4.92. The van der Waals surface area contributed by atoms with Gasteiger partial charge in [0.1, 0.15) is 5.82 Å². The van der Waals surface area contributed by atoms with E-state index in [-0.39, 0.29) is 18.4 Å². The monoisotopic (exact) mass is 329 g/mol. The minimum absolute atomic E-state index is 0.0472. The molecular weight excluding hydrogens is 309 g/mol. The summed E-state index contributed by atoms with van der Waals surface area (Å²) in [5, 5.41) is 20.7. The van der Waals surface area contributed by atoms with Gasteiger partial charge in [0, 0.05) is 6.04 Å². The van der Waals surface area contributed by atoms with Crippen molar-refractivity contribution in [3.8, 4) is 0 Å². The van der Waals surface area contributed by atoms with Crippen molar-refractivity contribution >= 4 is 5.91 Å². The molecule has 2 aromatic rings. The predicted molar refractivity (Wildman–Crippen MR) is 87.5 cm³/mol. The van der Waals surface area contributed by atoms with E-state index in [4.69, 9.17) is 0 Å². The Hall–Kier alpha value is -2.24. The molecule has 3 rings (SSSR count). The highest BCUT2D eigenvalue weighted by molar-refractivity contribution is 5.82. The number of benzene rings is 2. The van der Waals surface area contributed by atoms with Crippen molar-refractivity contribution in [2.24, 2.45) is 0 Å². The van der Waals surface area contributed by atoms with Crippen molar-refractivity contribution in [2.75, 3.05) is 6.54 Å². The average molecular weight is 329 g/mol. The van der Waals surface area contributed by atoms with Crippen LogP contribution in [-0.2, 0) is 4.79 Å². The summed E-state index contributed by atoms with van der Waals surface area (Å²) >= 11 is 0. The van der Waals surface area contributed by atoms with Crippen LogP contribution < -0.4 is 0 Å². The fourth-order valence-electron chi connectivity index (χ4n) is 2.72. The van der Waals surface area contributed by atoms with Gasteiger partial charge < -0.3 is 15.1 Å². The molecule has 2 atom stereocenters. The quantitative estimate of drug-likeness (QED) is 0.856. The maximum Gasteiger partial charge on any atom is 0.256 e. The molecule has 1 saturated carbocycles. The lowest BCUT2D eigenvalue weighted by molar-refractivity contribution is -0.142. The van der Waals surface area contributed by atoms with Crippen LogP contribution in [0.25, 0.3) is 0 Å². The van der Waals surface area contributed by atoms with Crippen LogP contribution in [0.1, 0.15) is 36.2 Å². The highest BCUT2D eigenvalue weighted by Crippen LogP contribution is 2.31. The number of rotatable bonds is 6. The molecule has 1 aliphatic rings. The lowest BCUT2D eigenvalue weighted by Gasteiger charge is -2.27. The number of hydrogen-bond donors (Lipinski definition) is 2. The Morgan fingerprint density at radius 1 is 1.04 bits per heavy atom. The van der Waals surface area contributed by atoms with Crippen molar-refractivity contribution in [3.05, 3.63) is 71.5 Å². The fourth-order valence-corrected chi connectivity index (χ4v) is 2.72. The summed E-state index contributed by atoms with van der Waals surface area (Å²) in [6, 6.07) is 14.4. The van der Waals surface area contributed by atoms with Crippen molar-refractivity contribution < 1.29 is 19.4 Å². The first-order chi connectivity index (χ1) is 11.6. The van der Waals surface area contributed by atoms with Crippen molar-refractivity contribution in [2.45, 2.75) is 31.1 Å². The first-order valence-electron chi connectivity index (χ1n) is 8.03. The SMILES string of the molecule is O=C([C@@H](O)c1ccccc1)N(C[C@@H](O)c1ccc(F)cc1)C1CC1.